The van der Waals surface area contributed by atoms with E-state index >= 15 is 0 Å². The van der Waals surface area contributed by atoms with Gasteiger partial charge in [-0.25, -0.2) is 4.98 Å². The maximum Gasteiger partial charge on any atom is 0.231 e. The average Bonchev–Trinajstić information content (AvgIpc) is 2.80. The number of anilines is 1. The third-order valence-electron chi connectivity index (χ3n) is 2.71. The summed E-state index contributed by atoms with van der Waals surface area (Å²) in [7, 11) is 1.56. The number of nitrogens with one attached hydrogen (secondary N) is 1. The smallest absolute Gasteiger partial charge is 0.231 e. The number of aryl methyl sites for hydroxylation is 1. The van der Waals surface area contributed by atoms with Crippen molar-refractivity contribution in [3.63, 3.8) is 0 Å². The second-order valence-electron chi connectivity index (χ2n) is 4.26. The Kier molecular flexibility index (Phi) is 4.54. The summed E-state index contributed by atoms with van der Waals surface area (Å²) in [5, 5.41) is 14.0. The molecule has 0 aliphatic carbocycles. The SMILES string of the molecule is COc1ccc(NC(=O)Cc2nc(C)c(C(=O)[O-])s2)cc1. The first-order chi connectivity index (χ1) is 9.99. The van der Waals surface area contributed by atoms with E-state index in [1.807, 2.05) is 0 Å². The molecule has 0 unspecified atom stereocenters. The van der Waals surface area contributed by atoms with Crippen LogP contribution < -0.4 is 15.2 Å². The molecule has 0 saturated heterocycles. The van der Waals surface area contributed by atoms with Crippen LogP contribution in [0.15, 0.2) is 24.3 Å². The number of nitrogens with zero attached hydrogens (tertiary/aromatic N) is 1. The Bertz CT molecular complexity index is 664. The van der Waals surface area contributed by atoms with Crippen molar-refractivity contribution in [1.29, 1.82) is 0 Å². The molecule has 0 aliphatic rings. The molecule has 1 aromatic carbocycles. The summed E-state index contributed by atoms with van der Waals surface area (Å²) in [4.78, 5) is 26.8. The molecule has 0 aliphatic heterocycles. The van der Waals surface area contributed by atoms with Crippen LogP contribution >= 0.6 is 11.3 Å². The normalized spacial score (nSPS) is 10.2. The van der Waals surface area contributed by atoms with Gasteiger partial charge < -0.3 is 20.0 Å². The van der Waals surface area contributed by atoms with Crippen molar-refractivity contribution in [2.75, 3.05) is 12.4 Å². The fourth-order valence-corrected chi connectivity index (χ4v) is 2.63. The molecular weight excluding hydrogens is 292 g/mol. The maximum atomic E-state index is 11.9. The standard InChI is InChI=1S/C14H14N2O4S/c1-8-13(14(18)19)21-12(15-8)7-11(17)16-9-3-5-10(20-2)6-4-9/h3-6H,7H2,1-2H3,(H,16,17)(H,18,19)/p-1. The zero-order valence-electron chi connectivity index (χ0n) is 11.5. The molecule has 2 rings (SSSR count). The van der Waals surface area contributed by atoms with Crippen LogP contribution in [0.5, 0.6) is 5.75 Å². The van der Waals surface area contributed by atoms with E-state index in [4.69, 9.17) is 4.74 Å². The van der Waals surface area contributed by atoms with E-state index < -0.39 is 5.97 Å². The molecule has 0 atom stereocenters. The van der Waals surface area contributed by atoms with E-state index in [-0.39, 0.29) is 17.2 Å². The predicted molar refractivity (Wildman–Crippen MR) is 76.5 cm³/mol. The van der Waals surface area contributed by atoms with Crippen LogP contribution in [0.3, 0.4) is 0 Å². The van der Waals surface area contributed by atoms with Crippen LogP contribution in [-0.4, -0.2) is 24.0 Å². The predicted octanol–water partition coefficient (Wildman–Crippen LogP) is 1.00. The van der Waals surface area contributed by atoms with Crippen molar-refractivity contribution in [2.45, 2.75) is 13.3 Å². The number of carboxylic acid groups (broad SMARTS) is 1. The summed E-state index contributed by atoms with van der Waals surface area (Å²) in [6, 6.07) is 6.90. The fraction of sp³-hybridized carbons (Fsp3) is 0.214. The number of hydrogen-bond donors (Lipinski definition) is 1. The molecule has 1 amide bonds. The Hall–Kier alpha value is -2.41. The number of hydrogen-bond acceptors (Lipinski definition) is 6. The Labute approximate surface area is 125 Å². The van der Waals surface area contributed by atoms with E-state index in [1.165, 1.54) is 0 Å². The number of carbonyl (C=O) groups excluding carboxylic acids is 2. The Morgan fingerprint density at radius 2 is 2.00 bits per heavy atom. The van der Waals surface area contributed by atoms with Gasteiger partial charge in [0.1, 0.15) is 10.8 Å². The monoisotopic (exact) mass is 305 g/mol. The number of thiazole rings is 1. The third-order valence-corrected chi connectivity index (χ3v) is 3.85. The molecule has 7 heteroatoms. The molecule has 1 N–H and O–H groups in total. The number of benzene rings is 1. The highest BCUT2D eigenvalue weighted by molar-refractivity contribution is 7.13. The first kappa shape index (κ1) is 15.0. The molecule has 1 aromatic heterocycles. The second-order valence-corrected chi connectivity index (χ2v) is 5.35. The molecule has 0 bridgehead atoms. The van der Waals surface area contributed by atoms with Crippen LogP contribution in [0.2, 0.25) is 0 Å². The molecule has 21 heavy (non-hydrogen) atoms. The van der Waals surface area contributed by atoms with Gasteiger partial charge in [0.15, 0.2) is 0 Å². The summed E-state index contributed by atoms with van der Waals surface area (Å²) in [5.41, 5.74) is 1.00. The number of carbonyl (C=O) groups is 2. The fourth-order valence-electron chi connectivity index (χ4n) is 1.73. The van der Waals surface area contributed by atoms with Gasteiger partial charge in [-0.1, -0.05) is 0 Å². The highest BCUT2D eigenvalue weighted by Crippen LogP contribution is 2.19. The minimum Gasteiger partial charge on any atom is -0.544 e. The number of carboxylic acids is 1. The Morgan fingerprint density at radius 1 is 1.33 bits per heavy atom. The van der Waals surface area contributed by atoms with E-state index in [1.54, 1.807) is 38.3 Å². The molecule has 0 spiro atoms. The topological polar surface area (TPSA) is 91.3 Å². The molecule has 1 heterocycles. The van der Waals surface area contributed by atoms with Crippen molar-refractivity contribution < 1.29 is 19.4 Å². The quantitative estimate of drug-likeness (QED) is 0.890. The largest absolute Gasteiger partial charge is 0.544 e. The van der Waals surface area contributed by atoms with E-state index in [9.17, 15) is 14.7 Å². The Morgan fingerprint density at radius 3 is 2.52 bits per heavy atom. The lowest BCUT2D eigenvalue weighted by Crippen LogP contribution is -2.21. The lowest BCUT2D eigenvalue weighted by atomic mass is 10.3. The summed E-state index contributed by atoms with van der Waals surface area (Å²) in [6.45, 7) is 1.58. The molecule has 0 radical (unpaired) electrons. The zero-order valence-corrected chi connectivity index (χ0v) is 12.3. The number of ether oxygens (including phenoxy) is 1. The van der Waals surface area contributed by atoms with Gasteiger partial charge >= 0.3 is 0 Å². The van der Waals surface area contributed by atoms with Crippen LogP contribution in [0.25, 0.3) is 0 Å². The lowest BCUT2D eigenvalue weighted by Gasteiger charge is -2.05. The van der Waals surface area contributed by atoms with Crippen molar-refractivity contribution >= 4 is 28.9 Å². The minimum absolute atomic E-state index is 0.0187. The summed E-state index contributed by atoms with van der Waals surface area (Å²) >= 11 is 0.959. The van der Waals surface area contributed by atoms with Gasteiger partial charge in [-0.2, -0.15) is 0 Å². The average molecular weight is 305 g/mol. The summed E-state index contributed by atoms with van der Waals surface area (Å²) in [6.07, 6.45) is 0.0187. The first-order valence-electron chi connectivity index (χ1n) is 6.11. The number of rotatable bonds is 5. The van der Waals surface area contributed by atoms with Gasteiger partial charge in [-0.05, 0) is 31.2 Å². The zero-order chi connectivity index (χ0) is 15.4. The van der Waals surface area contributed by atoms with Crippen molar-refractivity contribution in [2.24, 2.45) is 0 Å². The lowest BCUT2D eigenvalue weighted by molar-refractivity contribution is -0.254. The molecular formula is C14H13N2O4S-. The van der Waals surface area contributed by atoms with E-state index in [0.29, 0.717) is 22.1 Å². The van der Waals surface area contributed by atoms with Crippen LogP contribution in [0, 0.1) is 6.92 Å². The number of aromatic carboxylic acids is 1. The maximum absolute atomic E-state index is 11.9. The third kappa shape index (κ3) is 3.79. The van der Waals surface area contributed by atoms with Gasteiger partial charge in [-0.15, -0.1) is 11.3 Å². The summed E-state index contributed by atoms with van der Waals surface area (Å²) < 4.78 is 5.03. The molecule has 110 valence electrons. The molecule has 0 fully saturated rings. The Balaban J connectivity index is 2.01. The highest BCUT2D eigenvalue weighted by atomic mass is 32.1. The van der Waals surface area contributed by atoms with Gasteiger partial charge in [-0.3, -0.25) is 4.79 Å². The van der Waals surface area contributed by atoms with Gasteiger partial charge in [0.2, 0.25) is 5.91 Å². The second kappa shape index (κ2) is 6.36. The van der Waals surface area contributed by atoms with E-state index in [2.05, 4.69) is 10.3 Å². The van der Waals surface area contributed by atoms with Gasteiger partial charge in [0.05, 0.1) is 30.1 Å². The number of amides is 1. The van der Waals surface area contributed by atoms with Crippen LogP contribution in [-0.2, 0) is 11.2 Å². The van der Waals surface area contributed by atoms with Gasteiger partial charge in [0, 0.05) is 5.69 Å². The van der Waals surface area contributed by atoms with Crippen molar-refractivity contribution in [3.05, 3.63) is 39.8 Å². The number of methoxy groups -OCH3 is 1. The molecule has 0 saturated carbocycles. The highest BCUT2D eigenvalue weighted by Gasteiger charge is 2.12. The van der Waals surface area contributed by atoms with Crippen LogP contribution in [0.1, 0.15) is 20.4 Å². The van der Waals surface area contributed by atoms with Crippen LogP contribution in [0.4, 0.5) is 5.69 Å². The summed E-state index contributed by atoms with van der Waals surface area (Å²) in [5.74, 6) is -0.840. The number of aromatic nitrogens is 1. The molecule has 2 aromatic rings. The first-order valence-corrected chi connectivity index (χ1v) is 6.93. The minimum atomic E-state index is -1.27. The van der Waals surface area contributed by atoms with Crippen molar-refractivity contribution in [3.8, 4) is 5.75 Å². The van der Waals surface area contributed by atoms with Gasteiger partial charge in [0.25, 0.3) is 0 Å². The van der Waals surface area contributed by atoms with E-state index in [0.717, 1.165) is 11.3 Å². The van der Waals surface area contributed by atoms with Crippen molar-refractivity contribution in [1.82, 2.24) is 4.98 Å². The molecule has 6 nitrogen and oxygen atoms in total.